The average Bonchev–Trinajstić information content (AvgIpc) is 2.85. The van der Waals surface area contributed by atoms with Crippen molar-refractivity contribution in [2.24, 2.45) is 5.73 Å². The highest BCUT2D eigenvalue weighted by Gasteiger charge is 2.06. The molecule has 3 aromatic rings. The molecule has 2 N–H and O–H groups in total. The highest BCUT2D eigenvalue weighted by atomic mass is 16.3. The second-order valence-electron chi connectivity index (χ2n) is 5.38. The maximum atomic E-state index is 5.85. The number of benzene rings is 2. The van der Waals surface area contributed by atoms with E-state index < -0.39 is 0 Å². The van der Waals surface area contributed by atoms with Gasteiger partial charge in [0.15, 0.2) is 0 Å². The number of para-hydroxylation sites is 1. The van der Waals surface area contributed by atoms with Crippen LogP contribution in [-0.2, 0) is 6.42 Å². The molecule has 0 spiro atoms. The lowest BCUT2D eigenvalue weighted by Crippen LogP contribution is -1.97. The van der Waals surface area contributed by atoms with E-state index in [-0.39, 0.29) is 0 Å². The van der Waals surface area contributed by atoms with Crippen LogP contribution in [0.15, 0.2) is 46.9 Å². The van der Waals surface area contributed by atoms with E-state index in [0.717, 1.165) is 30.6 Å². The van der Waals surface area contributed by atoms with Crippen molar-refractivity contribution in [1.29, 1.82) is 0 Å². The number of rotatable bonds is 6. The predicted octanol–water partition coefficient (Wildman–Crippen LogP) is 4.65. The first-order chi connectivity index (χ1) is 9.88. The number of aryl methyl sites for hydroxylation is 1. The smallest absolute Gasteiger partial charge is 0.135 e. The normalized spacial score (nSPS) is 11.4. The second kappa shape index (κ2) is 6.10. The summed E-state index contributed by atoms with van der Waals surface area (Å²) < 4.78 is 5.85. The van der Waals surface area contributed by atoms with Gasteiger partial charge in [0.2, 0.25) is 0 Å². The Morgan fingerprint density at radius 1 is 0.800 bits per heavy atom. The maximum Gasteiger partial charge on any atom is 0.135 e. The van der Waals surface area contributed by atoms with Crippen molar-refractivity contribution < 1.29 is 4.42 Å². The van der Waals surface area contributed by atoms with Crippen LogP contribution in [0.1, 0.15) is 31.2 Å². The topological polar surface area (TPSA) is 39.2 Å². The number of unbranched alkanes of at least 4 members (excludes halogenated alkanes) is 3. The van der Waals surface area contributed by atoms with Gasteiger partial charge in [0.25, 0.3) is 0 Å². The molecule has 3 rings (SSSR count). The first-order valence-corrected chi connectivity index (χ1v) is 7.49. The molecule has 104 valence electrons. The molecule has 0 bridgehead atoms. The molecule has 0 radical (unpaired) electrons. The van der Waals surface area contributed by atoms with Crippen LogP contribution < -0.4 is 5.73 Å². The Morgan fingerprint density at radius 3 is 2.50 bits per heavy atom. The van der Waals surface area contributed by atoms with Gasteiger partial charge in [0, 0.05) is 10.8 Å². The van der Waals surface area contributed by atoms with Gasteiger partial charge in [-0.25, -0.2) is 0 Å². The van der Waals surface area contributed by atoms with Gasteiger partial charge in [-0.15, -0.1) is 0 Å². The van der Waals surface area contributed by atoms with Crippen LogP contribution in [0.25, 0.3) is 21.9 Å². The molecule has 2 heteroatoms. The van der Waals surface area contributed by atoms with Crippen LogP contribution in [0, 0.1) is 0 Å². The zero-order chi connectivity index (χ0) is 13.8. The average molecular weight is 267 g/mol. The van der Waals surface area contributed by atoms with Gasteiger partial charge in [0.05, 0.1) is 0 Å². The highest BCUT2D eigenvalue weighted by Crippen LogP contribution is 2.29. The van der Waals surface area contributed by atoms with Crippen LogP contribution in [0.4, 0.5) is 0 Å². The molecule has 0 amide bonds. The van der Waals surface area contributed by atoms with Crippen molar-refractivity contribution in [3.05, 3.63) is 48.0 Å². The second-order valence-corrected chi connectivity index (χ2v) is 5.38. The van der Waals surface area contributed by atoms with E-state index >= 15 is 0 Å². The Morgan fingerprint density at radius 2 is 1.60 bits per heavy atom. The first kappa shape index (κ1) is 13.2. The zero-order valence-corrected chi connectivity index (χ0v) is 11.8. The van der Waals surface area contributed by atoms with Crippen LogP contribution >= 0.6 is 0 Å². The molecule has 0 saturated heterocycles. The standard InChI is InChI=1S/C18H21NO/c19-12-6-2-1-3-7-14-10-11-18-16(13-14)15-8-4-5-9-17(15)20-18/h4-5,8-11,13H,1-3,6-7,12,19H2. The summed E-state index contributed by atoms with van der Waals surface area (Å²) in [5.74, 6) is 0. The predicted molar refractivity (Wildman–Crippen MR) is 84.9 cm³/mol. The summed E-state index contributed by atoms with van der Waals surface area (Å²) in [6.45, 7) is 0.812. The number of furan rings is 1. The molecule has 0 aliphatic heterocycles. The number of fused-ring (bicyclic) bond motifs is 3. The van der Waals surface area contributed by atoms with Crippen molar-refractivity contribution in [3.8, 4) is 0 Å². The molecule has 0 fully saturated rings. The Hall–Kier alpha value is -1.80. The van der Waals surface area contributed by atoms with Gasteiger partial charge in [-0.3, -0.25) is 0 Å². The third kappa shape index (κ3) is 2.70. The molecule has 2 aromatic carbocycles. The number of nitrogens with two attached hydrogens (primary N) is 1. The van der Waals surface area contributed by atoms with Gasteiger partial charge < -0.3 is 10.2 Å². The quantitative estimate of drug-likeness (QED) is 0.660. The Labute approximate surface area is 119 Å². The van der Waals surface area contributed by atoms with E-state index in [1.165, 1.54) is 35.6 Å². The van der Waals surface area contributed by atoms with Crippen LogP contribution in [0.2, 0.25) is 0 Å². The molecule has 1 aromatic heterocycles. The van der Waals surface area contributed by atoms with Crippen molar-refractivity contribution in [1.82, 2.24) is 0 Å². The molecular formula is C18H21NO. The van der Waals surface area contributed by atoms with Crippen molar-refractivity contribution in [2.75, 3.05) is 6.54 Å². The lowest BCUT2D eigenvalue weighted by Gasteiger charge is -2.02. The minimum Gasteiger partial charge on any atom is -0.456 e. The van der Waals surface area contributed by atoms with Crippen molar-refractivity contribution >= 4 is 21.9 Å². The van der Waals surface area contributed by atoms with E-state index in [4.69, 9.17) is 10.2 Å². The fraction of sp³-hybridized carbons (Fsp3) is 0.333. The van der Waals surface area contributed by atoms with Gasteiger partial charge in [-0.1, -0.05) is 37.1 Å². The first-order valence-electron chi connectivity index (χ1n) is 7.49. The molecule has 0 saturated carbocycles. The van der Waals surface area contributed by atoms with Gasteiger partial charge in [-0.2, -0.15) is 0 Å². The number of hydrogen-bond donors (Lipinski definition) is 1. The van der Waals surface area contributed by atoms with Crippen LogP contribution in [0.3, 0.4) is 0 Å². The minimum atomic E-state index is 0.812. The van der Waals surface area contributed by atoms with Gasteiger partial charge in [-0.05, 0) is 49.6 Å². The largest absolute Gasteiger partial charge is 0.456 e. The summed E-state index contributed by atoms with van der Waals surface area (Å²) in [6, 6.07) is 14.8. The van der Waals surface area contributed by atoms with Gasteiger partial charge in [0.1, 0.15) is 11.2 Å². The van der Waals surface area contributed by atoms with E-state index in [2.05, 4.69) is 30.3 Å². The lowest BCUT2D eigenvalue weighted by molar-refractivity contribution is 0.646. The van der Waals surface area contributed by atoms with E-state index in [0.29, 0.717) is 0 Å². The van der Waals surface area contributed by atoms with E-state index in [9.17, 15) is 0 Å². The molecule has 1 heterocycles. The van der Waals surface area contributed by atoms with E-state index in [1.807, 2.05) is 12.1 Å². The Bertz CT molecular complexity index is 699. The Kier molecular flexibility index (Phi) is 4.03. The fourth-order valence-electron chi connectivity index (χ4n) is 2.76. The monoisotopic (exact) mass is 267 g/mol. The molecule has 0 atom stereocenters. The lowest BCUT2D eigenvalue weighted by atomic mass is 10.0. The third-order valence-corrected chi connectivity index (χ3v) is 3.86. The molecular weight excluding hydrogens is 246 g/mol. The van der Waals surface area contributed by atoms with E-state index in [1.54, 1.807) is 0 Å². The molecule has 0 unspecified atom stereocenters. The summed E-state index contributed by atoms with van der Waals surface area (Å²) in [4.78, 5) is 0. The maximum absolute atomic E-state index is 5.85. The summed E-state index contributed by atoms with van der Waals surface area (Å²) in [5.41, 5.74) is 8.87. The van der Waals surface area contributed by atoms with Crippen LogP contribution in [-0.4, -0.2) is 6.54 Å². The minimum absolute atomic E-state index is 0.812. The molecule has 0 aliphatic carbocycles. The SMILES string of the molecule is NCCCCCCc1ccc2oc3ccccc3c2c1. The van der Waals surface area contributed by atoms with Crippen molar-refractivity contribution in [3.63, 3.8) is 0 Å². The molecule has 2 nitrogen and oxygen atoms in total. The third-order valence-electron chi connectivity index (χ3n) is 3.86. The fourth-order valence-corrected chi connectivity index (χ4v) is 2.76. The Balaban J connectivity index is 1.77. The number of hydrogen-bond acceptors (Lipinski definition) is 2. The van der Waals surface area contributed by atoms with Gasteiger partial charge >= 0.3 is 0 Å². The summed E-state index contributed by atoms with van der Waals surface area (Å²) >= 11 is 0. The summed E-state index contributed by atoms with van der Waals surface area (Å²) in [5, 5.41) is 2.45. The summed E-state index contributed by atoms with van der Waals surface area (Å²) in [6.07, 6.45) is 6.03. The highest BCUT2D eigenvalue weighted by molar-refractivity contribution is 6.04. The van der Waals surface area contributed by atoms with Crippen molar-refractivity contribution in [2.45, 2.75) is 32.1 Å². The molecule has 20 heavy (non-hydrogen) atoms. The molecule has 0 aliphatic rings. The summed E-state index contributed by atoms with van der Waals surface area (Å²) in [7, 11) is 0. The zero-order valence-electron chi connectivity index (χ0n) is 11.8. The van der Waals surface area contributed by atoms with Crippen LogP contribution in [0.5, 0.6) is 0 Å².